The quantitative estimate of drug-likeness (QED) is 0.383. The van der Waals surface area contributed by atoms with E-state index in [0.717, 1.165) is 0 Å². The van der Waals surface area contributed by atoms with Crippen molar-refractivity contribution in [2.24, 2.45) is 0 Å². The van der Waals surface area contributed by atoms with Crippen molar-refractivity contribution in [3.8, 4) is 0 Å². The highest BCUT2D eigenvalue weighted by molar-refractivity contribution is 5.93. The van der Waals surface area contributed by atoms with Crippen LogP contribution in [0.1, 0.15) is 26.7 Å². The second kappa shape index (κ2) is 9.98. The summed E-state index contributed by atoms with van der Waals surface area (Å²) in [4.78, 5) is 50.3. The van der Waals surface area contributed by atoms with Crippen molar-refractivity contribution >= 4 is 23.3 Å². The van der Waals surface area contributed by atoms with Crippen molar-refractivity contribution in [1.82, 2.24) is 0 Å². The maximum absolute atomic E-state index is 12.7. The molecule has 0 aromatic heterocycles. The van der Waals surface area contributed by atoms with Crippen molar-refractivity contribution in [2.45, 2.75) is 37.8 Å². The van der Waals surface area contributed by atoms with Gasteiger partial charge in [0, 0.05) is 12.8 Å². The van der Waals surface area contributed by atoms with E-state index in [-0.39, 0.29) is 24.2 Å². The van der Waals surface area contributed by atoms with Gasteiger partial charge in [0.1, 0.15) is 22.9 Å². The van der Waals surface area contributed by atoms with Crippen molar-refractivity contribution in [1.29, 1.82) is 0 Å². The molecule has 0 fully saturated rings. The lowest BCUT2D eigenvalue weighted by molar-refractivity contribution is -0.145. The maximum Gasteiger partial charge on any atom is 0.335 e. The predicted octanol–water partition coefficient (Wildman–Crippen LogP) is 1.69. The third-order valence-electron chi connectivity index (χ3n) is 5.64. The first-order valence-corrected chi connectivity index (χ1v) is 10.9. The summed E-state index contributed by atoms with van der Waals surface area (Å²) < 4.78 is 20.8. The van der Waals surface area contributed by atoms with Gasteiger partial charge in [0.05, 0.1) is 27.4 Å². The molecule has 0 aliphatic heterocycles. The zero-order valence-electron chi connectivity index (χ0n) is 19.6. The van der Waals surface area contributed by atoms with Crippen LogP contribution in [0.5, 0.6) is 0 Å². The Morgan fingerprint density at radius 1 is 0.794 bits per heavy atom. The zero-order valence-corrected chi connectivity index (χ0v) is 19.6. The molecular weight excluding hydrogens is 444 g/mol. The fraction of sp³-hybridized carbons (Fsp3) is 0.417. The van der Waals surface area contributed by atoms with E-state index in [1.807, 2.05) is 13.8 Å². The van der Waals surface area contributed by atoms with E-state index < -0.39 is 33.9 Å². The lowest BCUT2D eigenvalue weighted by Gasteiger charge is -2.35. The van der Waals surface area contributed by atoms with Crippen LogP contribution in [0, 0.1) is 0 Å². The highest BCUT2D eigenvalue weighted by Crippen LogP contribution is 2.33. The van der Waals surface area contributed by atoms with Crippen LogP contribution in [0.25, 0.3) is 0 Å². The molecule has 2 aliphatic rings. The molecular formula is C24H28N2O8. The largest absolute Gasteiger partial charge is 0.494 e. The molecule has 2 aliphatic carbocycles. The summed E-state index contributed by atoms with van der Waals surface area (Å²) in [6.45, 7) is 4.56. The molecule has 0 bridgehead atoms. The van der Waals surface area contributed by atoms with E-state index >= 15 is 0 Å². The van der Waals surface area contributed by atoms with Gasteiger partial charge in [-0.1, -0.05) is 0 Å². The second-order valence-electron chi connectivity index (χ2n) is 7.74. The fourth-order valence-corrected chi connectivity index (χ4v) is 3.82. The number of esters is 2. The number of nitrogens with one attached hydrogen (secondary N) is 2. The molecule has 0 amide bonds. The third kappa shape index (κ3) is 4.48. The molecule has 0 heterocycles. The molecule has 34 heavy (non-hydrogen) atoms. The monoisotopic (exact) mass is 472 g/mol. The van der Waals surface area contributed by atoms with Crippen molar-refractivity contribution in [2.75, 3.05) is 38.1 Å². The standard InChI is InChI=1S/C24H28N2O8/c1-5-33-15-7-11-23(12-8-15,21(29)31-3)25-17-18(20(28)19(17)27)26-24(22(30)32-4)13-9-16(10-14-24)34-6-2/h7-11,13,25-26H,5-6,12,14H2,1-4H3. The smallest absolute Gasteiger partial charge is 0.335 e. The first-order chi connectivity index (χ1) is 16.3. The predicted molar refractivity (Wildman–Crippen MR) is 125 cm³/mol. The van der Waals surface area contributed by atoms with Crippen molar-refractivity contribution in [3.63, 3.8) is 0 Å². The highest BCUT2D eigenvalue weighted by atomic mass is 16.5. The number of ether oxygens (including phenoxy) is 4. The Labute approximate surface area is 196 Å². The average molecular weight is 472 g/mol. The van der Waals surface area contributed by atoms with E-state index in [1.165, 1.54) is 26.4 Å². The Bertz CT molecular complexity index is 1060. The van der Waals surface area contributed by atoms with Crippen LogP contribution in [-0.4, -0.2) is 50.4 Å². The summed E-state index contributed by atoms with van der Waals surface area (Å²) in [6, 6.07) is 0. The van der Waals surface area contributed by atoms with Crippen LogP contribution in [0.4, 0.5) is 11.4 Å². The molecule has 1 aromatic rings. The first-order valence-electron chi connectivity index (χ1n) is 10.9. The Morgan fingerprint density at radius 3 is 1.44 bits per heavy atom. The topological polar surface area (TPSA) is 129 Å². The summed E-state index contributed by atoms with van der Waals surface area (Å²) in [7, 11) is 2.45. The van der Waals surface area contributed by atoms with Crippen LogP contribution < -0.4 is 21.5 Å². The van der Waals surface area contributed by atoms with E-state index in [1.54, 1.807) is 24.3 Å². The van der Waals surface area contributed by atoms with Crippen LogP contribution >= 0.6 is 0 Å². The minimum atomic E-state index is -1.43. The molecule has 0 saturated heterocycles. The van der Waals surface area contributed by atoms with E-state index in [4.69, 9.17) is 18.9 Å². The number of rotatable bonds is 10. The van der Waals surface area contributed by atoms with E-state index in [0.29, 0.717) is 24.7 Å². The van der Waals surface area contributed by atoms with Gasteiger partial charge in [-0.15, -0.1) is 0 Å². The Balaban J connectivity index is 1.93. The van der Waals surface area contributed by atoms with Gasteiger partial charge < -0.3 is 29.6 Å². The SMILES string of the molecule is CCOC1=CCC(Nc2c(NC3(C(=O)OC)C=CC(OCC)=CC3)c(=O)c2=O)(C(=O)OC)C=C1. The van der Waals surface area contributed by atoms with Crippen LogP contribution in [-0.2, 0) is 28.5 Å². The van der Waals surface area contributed by atoms with Crippen molar-refractivity contribution in [3.05, 3.63) is 68.4 Å². The van der Waals surface area contributed by atoms with Gasteiger partial charge in [-0.05, 0) is 50.3 Å². The van der Waals surface area contributed by atoms with Gasteiger partial charge in [-0.25, -0.2) is 9.59 Å². The molecule has 0 saturated carbocycles. The molecule has 0 radical (unpaired) electrons. The van der Waals surface area contributed by atoms with Crippen LogP contribution in [0.2, 0.25) is 0 Å². The molecule has 3 rings (SSSR count). The zero-order chi connectivity index (χ0) is 24.9. The molecule has 1 aromatic carbocycles. The Kier molecular flexibility index (Phi) is 7.29. The normalized spacial score (nSPS) is 23.5. The highest BCUT2D eigenvalue weighted by Gasteiger charge is 2.44. The van der Waals surface area contributed by atoms with Gasteiger partial charge in [-0.3, -0.25) is 9.59 Å². The average Bonchev–Trinajstić information content (AvgIpc) is 2.87. The first kappa shape index (κ1) is 24.8. The maximum atomic E-state index is 12.7. The number of carbonyl (C=O) groups excluding carboxylic acids is 2. The summed E-state index contributed by atoms with van der Waals surface area (Å²) >= 11 is 0. The Hall–Kier alpha value is -3.82. The number of allylic oxidation sites excluding steroid dienone is 2. The summed E-state index contributed by atoms with van der Waals surface area (Å²) in [5, 5.41) is 5.75. The van der Waals surface area contributed by atoms with Gasteiger partial charge in [0.2, 0.25) is 0 Å². The summed E-state index contributed by atoms with van der Waals surface area (Å²) in [5.74, 6) is -0.166. The van der Waals surface area contributed by atoms with Gasteiger partial charge >= 0.3 is 11.9 Å². The number of methoxy groups -OCH3 is 2. The van der Waals surface area contributed by atoms with Crippen LogP contribution in [0.15, 0.2) is 57.6 Å². The van der Waals surface area contributed by atoms with E-state index in [2.05, 4.69) is 10.6 Å². The molecule has 2 N–H and O–H groups in total. The summed E-state index contributed by atoms with van der Waals surface area (Å²) in [6.07, 6.45) is 9.84. The molecule has 10 heteroatoms. The Morgan fingerprint density at radius 2 is 1.18 bits per heavy atom. The van der Waals surface area contributed by atoms with Crippen molar-refractivity contribution < 1.29 is 28.5 Å². The molecule has 10 nitrogen and oxygen atoms in total. The summed E-state index contributed by atoms with van der Waals surface area (Å²) in [5.41, 5.74) is -4.74. The van der Waals surface area contributed by atoms with Gasteiger partial charge in [0.25, 0.3) is 10.9 Å². The van der Waals surface area contributed by atoms with Gasteiger partial charge in [-0.2, -0.15) is 0 Å². The lowest BCUT2D eigenvalue weighted by Crippen LogP contribution is -2.53. The lowest BCUT2D eigenvalue weighted by atomic mass is 9.88. The fourth-order valence-electron chi connectivity index (χ4n) is 3.82. The number of hydrogen-bond acceptors (Lipinski definition) is 10. The number of hydrogen-bond donors (Lipinski definition) is 2. The minimum absolute atomic E-state index is 0.117. The number of carbonyl (C=O) groups is 2. The number of anilines is 2. The van der Waals surface area contributed by atoms with Crippen LogP contribution in [0.3, 0.4) is 0 Å². The van der Waals surface area contributed by atoms with Gasteiger partial charge in [0.15, 0.2) is 11.1 Å². The molecule has 2 unspecified atom stereocenters. The second-order valence-corrected chi connectivity index (χ2v) is 7.74. The minimum Gasteiger partial charge on any atom is -0.494 e. The third-order valence-corrected chi connectivity index (χ3v) is 5.64. The molecule has 182 valence electrons. The van der Waals surface area contributed by atoms with E-state index in [9.17, 15) is 19.2 Å². The molecule has 0 spiro atoms. The molecule has 2 atom stereocenters.